The van der Waals surface area contributed by atoms with E-state index in [1.807, 2.05) is 13.0 Å². The van der Waals surface area contributed by atoms with Crippen LogP contribution in [0.25, 0.3) is 0 Å². The van der Waals surface area contributed by atoms with Gasteiger partial charge in [-0.25, -0.2) is 0 Å². The van der Waals surface area contributed by atoms with Crippen molar-refractivity contribution in [3.05, 3.63) is 64.8 Å². The number of phenols is 4. The molecule has 7 nitrogen and oxygen atoms in total. The molecule has 0 spiro atoms. The number of nitrogens with one attached hydrogen (secondary N) is 1. The van der Waals surface area contributed by atoms with E-state index in [2.05, 4.69) is 38.2 Å². The van der Waals surface area contributed by atoms with E-state index in [4.69, 9.17) is 0 Å². The highest BCUT2D eigenvalue weighted by molar-refractivity contribution is 6.16. The highest BCUT2D eigenvalue weighted by Gasteiger charge is 2.32. The second-order valence-corrected chi connectivity index (χ2v) is 9.21. The number of anilines is 3. The monoisotopic (exact) mass is 478 g/mol. The first-order chi connectivity index (χ1) is 16.6. The summed E-state index contributed by atoms with van der Waals surface area (Å²) in [5.74, 6) is -1.61. The van der Waals surface area contributed by atoms with E-state index >= 15 is 0 Å². The zero-order chi connectivity index (χ0) is 25.7. The minimum Gasteiger partial charge on any atom is -0.508 e. The second-order valence-electron chi connectivity index (χ2n) is 9.21. The summed E-state index contributed by atoms with van der Waals surface area (Å²) in [4.78, 5) is 14.8. The first kappa shape index (κ1) is 25.7. The van der Waals surface area contributed by atoms with Crippen molar-refractivity contribution in [1.82, 2.24) is 0 Å². The van der Waals surface area contributed by atoms with Gasteiger partial charge in [0.05, 0.1) is 11.4 Å². The minimum absolute atomic E-state index is 0.00540. The molecule has 0 saturated heterocycles. The third-order valence-electron chi connectivity index (χ3n) is 5.99. The molecule has 0 aliphatic carbocycles. The maximum absolute atomic E-state index is 13.5. The van der Waals surface area contributed by atoms with E-state index in [-0.39, 0.29) is 52.2 Å². The number of nitrogens with zero attached hydrogens (tertiary/aromatic N) is 1. The van der Waals surface area contributed by atoms with Crippen molar-refractivity contribution in [2.24, 2.45) is 0 Å². The van der Waals surface area contributed by atoms with Crippen LogP contribution >= 0.6 is 0 Å². The van der Waals surface area contributed by atoms with Gasteiger partial charge >= 0.3 is 0 Å². The van der Waals surface area contributed by atoms with Crippen LogP contribution < -0.4 is 10.2 Å². The van der Waals surface area contributed by atoms with Crippen LogP contribution in [0.4, 0.5) is 17.1 Å². The number of carbonyl (C=O) groups excluding carboxylic acids is 1. The van der Waals surface area contributed by atoms with Crippen LogP contribution in [-0.4, -0.2) is 32.9 Å². The molecule has 0 aromatic heterocycles. The van der Waals surface area contributed by atoms with E-state index in [9.17, 15) is 25.2 Å². The Morgan fingerprint density at radius 2 is 1.46 bits per heavy atom. The van der Waals surface area contributed by atoms with Crippen LogP contribution in [0.1, 0.15) is 63.7 Å². The van der Waals surface area contributed by atoms with Gasteiger partial charge in [-0.1, -0.05) is 34.9 Å². The van der Waals surface area contributed by atoms with Crippen molar-refractivity contribution in [2.75, 3.05) is 16.8 Å². The van der Waals surface area contributed by atoms with Crippen LogP contribution in [0.5, 0.6) is 23.0 Å². The van der Waals surface area contributed by atoms with Crippen LogP contribution in [0, 0.1) is 0 Å². The Bertz CT molecular complexity index is 1210. The average molecular weight is 479 g/mol. The van der Waals surface area contributed by atoms with Gasteiger partial charge in [-0.05, 0) is 65.5 Å². The summed E-state index contributed by atoms with van der Waals surface area (Å²) < 4.78 is 0. The number of benzene rings is 2. The molecule has 3 rings (SSSR count). The third kappa shape index (κ3) is 6.18. The van der Waals surface area contributed by atoms with Crippen LogP contribution in [0.3, 0.4) is 0 Å². The topological polar surface area (TPSA) is 113 Å². The highest BCUT2D eigenvalue weighted by atomic mass is 16.3. The molecule has 2 aromatic rings. The van der Waals surface area contributed by atoms with Crippen molar-refractivity contribution in [2.45, 2.75) is 53.4 Å². The van der Waals surface area contributed by atoms with E-state index in [0.29, 0.717) is 0 Å². The molecule has 0 saturated carbocycles. The quantitative estimate of drug-likeness (QED) is 0.165. The fraction of sp³-hybridized carbons (Fsp3) is 0.321. The Morgan fingerprint density at radius 1 is 0.829 bits per heavy atom. The second kappa shape index (κ2) is 11.0. The number of rotatable bonds is 8. The van der Waals surface area contributed by atoms with Crippen molar-refractivity contribution in [3.8, 4) is 23.0 Å². The molecule has 186 valence electrons. The molecule has 1 aliphatic rings. The van der Waals surface area contributed by atoms with Crippen molar-refractivity contribution in [1.29, 1.82) is 0 Å². The van der Waals surface area contributed by atoms with Gasteiger partial charge < -0.3 is 30.6 Å². The summed E-state index contributed by atoms with van der Waals surface area (Å²) in [5.41, 5.74) is 4.02. The van der Waals surface area contributed by atoms with Gasteiger partial charge in [-0.2, -0.15) is 0 Å². The Labute approximate surface area is 206 Å². The maximum Gasteiger partial charge on any atom is 0.264 e. The molecule has 0 atom stereocenters. The van der Waals surface area contributed by atoms with Crippen LogP contribution in [0.2, 0.25) is 0 Å². The molecule has 0 unspecified atom stereocenters. The molecule has 35 heavy (non-hydrogen) atoms. The van der Waals surface area contributed by atoms with Gasteiger partial charge in [-0.15, -0.1) is 0 Å². The Kier molecular flexibility index (Phi) is 8.12. The summed E-state index contributed by atoms with van der Waals surface area (Å²) in [6.45, 7) is 8.48. The van der Waals surface area contributed by atoms with Gasteiger partial charge in [0.15, 0.2) is 0 Å². The maximum atomic E-state index is 13.5. The van der Waals surface area contributed by atoms with Crippen molar-refractivity contribution < 1.29 is 25.2 Å². The summed E-state index contributed by atoms with van der Waals surface area (Å²) in [6.07, 6.45) is 10.2. The SMILES string of the molecule is CC(C)=CCC/C(C)=C/CC/C(C)=C/CN1C(=O)c2c(O)ccc(O)c2Nc2c(O)cc(O)cc21. The molecule has 1 aliphatic heterocycles. The normalized spacial score (nSPS) is 13.6. The lowest BCUT2D eigenvalue weighted by molar-refractivity contribution is 0.0988. The molecule has 7 heteroatoms. The Balaban J connectivity index is 1.84. The zero-order valence-corrected chi connectivity index (χ0v) is 20.7. The van der Waals surface area contributed by atoms with Gasteiger partial charge in [0.25, 0.3) is 5.91 Å². The molecule has 2 aromatic carbocycles. The molecule has 0 bridgehead atoms. The summed E-state index contributed by atoms with van der Waals surface area (Å²) in [6, 6.07) is 5.02. The zero-order valence-electron chi connectivity index (χ0n) is 20.7. The lowest BCUT2D eigenvalue weighted by Crippen LogP contribution is -2.30. The number of carbonyl (C=O) groups is 1. The van der Waals surface area contributed by atoms with Gasteiger partial charge in [0, 0.05) is 18.7 Å². The van der Waals surface area contributed by atoms with Crippen LogP contribution in [0.15, 0.2) is 59.2 Å². The number of hydrogen-bond acceptors (Lipinski definition) is 6. The summed E-state index contributed by atoms with van der Waals surface area (Å²) in [7, 11) is 0. The van der Waals surface area contributed by atoms with Gasteiger partial charge in [0.1, 0.15) is 34.2 Å². The largest absolute Gasteiger partial charge is 0.508 e. The number of fused-ring (bicyclic) bond motifs is 2. The predicted molar refractivity (Wildman–Crippen MR) is 140 cm³/mol. The number of amides is 1. The predicted octanol–water partition coefficient (Wildman–Crippen LogP) is 6.63. The Hall–Kier alpha value is -3.87. The fourth-order valence-electron chi connectivity index (χ4n) is 4.00. The molecule has 0 fully saturated rings. The summed E-state index contributed by atoms with van der Waals surface area (Å²) in [5, 5.41) is 44.1. The highest BCUT2D eigenvalue weighted by Crippen LogP contribution is 2.47. The lowest BCUT2D eigenvalue weighted by Gasteiger charge is -2.22. The standard InChI is InChI=1S/C28H34N2O5/c1-17(2)7-5-8-18(3)9-6-10-19(4)13-14-30-21-15-20(31)16-24(34)26(21)29-27-23(33)12-11-22(32)25(27)28(30)35/h7,9,11-13,15-16,29,31-34H,5-6,8,10,14H2,1-4H3/b18-9+,19-13+. The lowest BCUT2D eigenvalue weighted by atomic mass is 10.1. The first-order valence-electron chi connectivity index (χ1n) is 11.7. The molecular weight excluding hydrogens is 444 g/mol. The molecule has 0 radical (unpaired) electrons. The smallest absolute Gasteiger partial charge is 0.264 e. The molecule has 1 amide bonds. The van der Waals surface area contributed by atoms with Gasteiger partial charge in [0.2, 0.25) is 0 Å². The van der Waals surface area contributed by atoms with Crippen molar-refractivity contribution in [3.63, 3.8) is 0 Å². The number of allylic oxidation sites excluding steroid dienone is 5. The first-order valence-corrected chi connectivity index (χ1v) is 11.7. The van der Waals surface area contributed by atoms with Gasteiger partial charge in [-0.3, -0.25) is 4.79 Å². The minimum atomic E-state index is -0.566. The van der Waals surface area contributed by atoms with E-state index in [1.54, 1.807) is 0 Å². The van der Waals surface area contributed by atoms with E-state index in [0.717, 1.165) is 37.3 Å². The summed E-state index contributed by atoms with van der Waals surface area (Å²) >= 11 is 0. The number of hydrogen-bond donors (Lipinski definition) is 5. The molecular formula is C28H34N2O5. The average Bonchev–Trinajstić information content (AvgIpc) is 2.90. The third-order valence-corrected chi connectivity index (χ3v) is 5.99. The molecule has 1 heterocycles. The van der Waals surface area contributed by atoms with Crippen LogP contribution in [-0.2, 0) is 0 Å². The number of phenolic OH excluding ortho intramolecular Hbond substituents is 4. The fourth-order valence-corrected chi connectivity index (χ4v) is 4.00. The number of aromatic hydroxyl groups is 4. The Morgan fingerprint density at radius 3 is 2.14 bits per heavy atom. The van der Waals surface area contributed by atoms with Crippen molar-refractivity contribution >= 4 is 23.0 Å². The van der Waals surface area contributed by atoms with E-state index in [1.165, 1.54) is 34.2 Å². The molecule has 5 N–H and O–H groups in total. The van der Waals surface area contributed by atoms with E-state index < -0.39 is 5.91 Å².